The third-order valence-corrected chi connectivity index (χ3v) is 15.5. The number of piperazine rings is 1. The number of aliphatic hydroxyl groups excluding tert-OH is 1. The first kappa shape index (κ1) is 54.6. The lowest BCUT2D eigenvalue weighted by Crippen LogP contribution is -2.53. The van der Waals surface area contributed by atoms with Crippen molar-refractivity contribution < 1.29 is 42.6 Å². The van der Waals surface area contributed by atoms with Crippen LogP contribution in [0.1, 0.15) is 139 Å². The topological polar surface area (TPSA) is 232 Å². The van der Waals surface area contributed by atoms with E-state index in [1.54, 1.807) is 18.2 Å². The Bertz CT molecular complexity index is 3150. The van der Waals surface area contributed by atoms with Gasteiger partial charge in [0.1, 0.15) is 23.4 Å². The normalized spacial score (nSPS) is 17.8. The number of carbonyl (C=O) groups excluding carboxylic acids is 5. The van der Waals surface area contributed by atoms with Crippen LogP contribution in [-0.2, 0) is 38.6 Å². The summed E-state index contributed by atoms with van der Waals surface area (Å²) in [4.78, 5) is 70.2. The van der Waals surface area contributed by atoms with Crippen LogP contribution in [0.2, 0.25) is 0 Å². The second kappa shape index (κ2) is 25.3. The number of anilines is 4. The number of H-pyrrole nitrogens is 1. The molecule has 2 aromatic heterocycles. The maximum Gasteiger partial charge on any atom is 0.258 e. The molecule has 4 aromatic carbocycles. The number of aryl methyl sites for hydroxylation is 1. The van der Waals surface area contributed by atoms with Crippen molar-refractivity contribution in [3.63, 3.8) is 0 Å². The number of benzene rings is 4. The Labute approximate surface area is 456 Å². The molecule has 2 atom stereocenters. The maximum atomic E-state index is 14.0. The molecule has 10 rings (SSSR count). The second-order valence-corrected chi connectivity index (χ2v) is 21.1. The Hall–Kier alpha value is -7.78. The van der Waals surface area contributed by atoms with Gasteiger partial charge in [-0.2, -0.15) is 5.10 Å². The summed E-state index contributed by atoms with van der Waals surface area (Å²) >= 11 is 0. The molecule has 0 saturated carbocycles. The van der Waals surface area contributed by atoms with Crippen LogP contribution in [0, 0.1) is 11.6 Å². The molecule has 416 valence electrons. The molecule has 21 heteroatoms. The number of rotatable bonds is 23. The SMILES string of the molecule is O=C1CCC(N2C(=O)c3cccc(NCc4cn(CCCCCCCCCCCC(=O)N5CCN(c6ccc(C(=O)Nc7n[nH]c8ccc(Cc9cc(F)cc(F)c9)cc78)c(NC7CCOCC7)c6)CC5)nn4)c3C2O)C(=O)N1. The minimum Gasteiger partial charge on any atom is -0.381 e. The molecular formula is C58H68F2N12O7. The summed E-state index contributed by atoms with van der Waals surface area (Å²) in [6.07, 6.45) is 13.0. The van der Waals surface area contributed by atoms with Gasteiger partial charge in [-0.05, 0) is 104 Å². The molecule has 0 bridgehead atoms. The third kappa shape index (κ3) is 13.4. The van der Waals surface area contributed by atoms with E-state index in [0.29, 0.717) is 115 Å². The van der Waals surface area contributed by atoms with Gasteiger partial charge in [-0.3, -0.25) is 44.0 Å². The number of nitrogens with zero attached hydrogens (tertiary/aromatic N) is 7. The van der Waals surface area contributed by atoms with Crippen molar-refractivity contribution in [2.24, 2.45) is 0 Å². The van der Waals surface area contributed by atoms with Crippen molar-refractivity contribution in [2.75, 3.05) is 60.2 Å². The number of aromatic amines is 1. The number of aliphatic hydroxyl groups is 1. The summed E-state index contributed by atoms with van der Waals surface area (Å²) < 4.78 is 35.3. The number of aromatic nitrogens is 5. The predicted octanol–water partition coefficient (Wildman–Crippen LogP) is 7.98. The second-order valence-electron chi connectivity index (χ2n) is 21.1. The molecule has 0 spiro atoms. The average molecular weight is 1080 g/mol. The lowest BCUT2D eigenvalue weighted by Gasteiger charge is -2.36. The maximum absolute atomic E-state index is 14.0. The van der Waals surface area contributed by atoms with Crippen LogP contribution in [0.4, 0.5) is 31.7 Å². The van der Waals surface area contributed by atoms with Crippen LogP contribution in [0.25, 0.3) is 10.9 Å². The number of ether oxygens (including phenoxy) is 1. The van der Waals surface area contributed by atoms with E-state index in [4.69, 9.17) is 4.74 Å². The van der Waals surface area contributed by atoms with Crippen molar-refractivity contribution in [3.8, 4) is 0 Å². The van der Waals surface area contributed by atoms with Gasteiger partial charge in [-0.1, -0.05) is 62.3 Å². The van der Waals surface area contributed by atoms with Gasteiger partial charge in [-0.15, -0.1) is 5.10 Å². The highest BCUT2D eigenvalue weighted by Crippen LogP contribution is 2.40. The van der Waals surface area contributed by atoms with E-state index < -0.39 is 41.6 Å². The predicted molar refractivity (Wildman–Crippen MR) is 293 cm³/mol. The molecule has 0 radical (unpaired) electrons. The number of amides is 5. The summed E-state index contributed by atoms with van der Waals surface area (Å²) in [5.74, 6) is -2.48. The van der Waals surface area contributed by atoms with Gasteiger partial charge in [0.25, 0.3) is 11.8 Å². The fourth-order valence-electron chi connectivity index (χ4n) is 11.2. The largest absolute Gasteiger partial charge is 0.381 e. The Morgan fingerprint density at radius 2 is 1.54 bits per heavy atom. The van der Waals surface area contributed by atoms with Gasteiger partial charge in [0.15, 0.2) is 12.0 Å². The van der Waals surface area contributed by atoms with E-state index in [2.05, 4.69) is 46.7 Å². The van der Waals surface area contributed by atoms with Crippen LogP contribution in [0.3, 0.4) is 0 Å². The van der Waals surface area contributed by atoms with Crippen LogP contribution < -0.4 is 26.2 Å². The first-order valence-electron chi connectivity index (χ1n) is 27.8. The number of hydrogen-bond donors (Lipinski definition) is 6. The van der Waals surface area contributed by atoms with E-state index in [-0.39, 0.29) is 30.7 Å². The molecule has 79 heavy (non-hydrogen) atoms. The number of nitrogens with one attached hydrogen (secondary N) is 5. The van der Waals surface area contributed by atoms with Gasteiger partial charge < -0.3 is 35.6 Å². The highest BCUT2D eigenvalue weighted by atomic mass is 19.1. The van der Waals surface area contributed by atoms with Crippen LogP contribution in [0.5, 0.6) is 0 Å². The number of halogens is 2. The standard InChI is InChI=1S/C58H68F2N12O7/c59-39-30-38(31-40(60)33-39)29-37-14-17-47-46(32-37)54(67-66-47)64-55(75)44-16-15-43(34-49(44)62-41-20-27-79-28-21-41)69-23-25-70(26-24-69)52(74)13-8-6-4-2-1-3-5-7-9-22-71-36-42(65-68-71)35-61-48-12-10-11-45-53(48)58(78)72(57(45)77)50-18-19-51(73)63-56(50)76/h10-12,14-17,30-34,36,41,50,58,61-62,78H,1-9,13,18-29,35H2,(H,63,73,76)(H2,64,66,67,75). The molecule has 4 aliphatic heterocycles. The third-order valence-electron chi connectivity index (χ3n) is 15.5. The highest BCUT2D eigenvalue weighted by molar-refractivity contribution is 6.11. The molecule has 19 nitrogen and oxygen atoms in total. The Morgan fingerprint density at radius 1 is 0.797 bits per heavy atom. The molecule has 6 N–H and O–H groups in total. The van der Waals surface area contributed by atoms with Crippen molar-refractivity contribution in [3.05, 3.63) is 124 Å². The summed E-state index contributed by atoms with van der Waals surface area (Å²) in [5, 5.41) is 40.0. The van der Waals surface area contributed by atoms with Crippen LogP contribution in [0.15, 0.2) is 79.0 Å². The zero-order chi connectivity index (χ0) is 54.8. The van der Waals surface area contributed by atoms with E-state index in [0.717, 1.165) is 99.4 Å². The summed E-state index contributed by atoms with van der Waals surface area (Å²) in [7, 11) is 0. The Balaban J connectivity index is 0.611. The molecular weight excluding hydrogens is 1010 g/mol. The summed E-state index contributed by atoms with van der Waals surface area (Å²) in [6, 6.07) is 19.2. The monoisotopic (exact) mass is 1080 g/mol. The summed E-state index contributed by atoms with van der Waals surface area (Å²) in [6.45, 7) is 4.96. The quantitative estimate of drug-likeness (QED) is 0.0264. The molecule has 6 aromatic rings. The molecule has 5 amide bonds. The number of carbonyl (C=O) groups is 5. The number of unbranched alkanes of at least 4 members (excludes halogenated alkanes) is 8. The Kier molecular flexibility index (Phi) is 17.5. The van der Waals surface area contributed by atoms with Crippen molar-refractivity contribution in [2.45, 2.75) is 128 Å². The number of imide groups is 1. The highest BCUT2D eigenvalue weighted by Gasteiger charge is 2.45. The van der Waals surface area contributed by atoms with E-state index in [1.807, 2.05) is 52.2 Å². The zero-order valence-corrected chi connectivity index (χ0v) is 44.3. The average Bonchev–Trinajstić information content (AvgIpc) is 4.14. The number of fused-ring (bicyclic) bond motifs is 2. The molecule has 6 heterocycles. The van der Waals surface area contributed by atoms with Gasteiger partial charge in [0.2, 0.25) is 17.7 Å². The molecule has 3 fully saturated rings. The molecule has 3 saturated heterocycles. The van der Waals surface area contributed by atoms with Crippen LogP contribution in [-0.4, -0.2) is 121 Å². The molecule has 2 unspecified atom stereocenters. The van der Waals surface area contributed by atoms with E-state index in [1.165, 1.54) is 12.1 Å². The number of hydrogen-bond acceptors (Lipinski definition) is 13. The first-order valence-corrected chi connectivity index (χ1v) is 27.8. The first-order chi connectivity index (χ1) is 38.4. The van der Waals surface area contributed by atoms with Gasteiger partial charge in [-0.25, -0.2) is 8.78 Å². The summed E-state index contributed by atoms with van der Waals surface area (Å²) in [5.41, 5.74) is 6.14. The number of piperidine rings is 1. The zero-order valence-electron chi connectivity index (χ0n) is 44.3. The fraction of sp³-hybridized carbons (Fsp3) is 0.448. The van der Waals surface area contributed by atoms with Crippen molar-refractivity contribution >= 4 is 63.3 Å². The molecule has 0 aliphatic carbocycles. The van der Waals surface area contributed by atoms with E-state index in [9.17, 15) is 37.9 Å². The van der Waals surface area contributed by atoms with Gasteiger partial charge in [0.05, 0.1) is 23.8 Å². The van der Waals surface area contributed by atoms with Crippen molar-refractivity contribution in [1.29, 1.82) is 0 Å². The lowest BCUT2D eigenvalue weighted by atomic mass is 10.0. The lowest BCUT2D eigenvalue weighted by molar-refractivity contribution is -0.139. The van der Waals surface area contributed by atoms with Gasteiger partial charge >= 0.3 is 0 Å². The van der Waals surface area contributed by atoms with Gasteiger partial charge in [0, 0.05) is 104 Å². The van der Waals surface area contributed by atoms with Crippen molar-refractivity contribution in [1.82, 2.24) is 40.3 Å². The van der Waals surface area contributed by atoms with E-state index >= 15 is 0 Å². The smallest absolute Gasteiger partial charge is 0.258 e. The fourth-order valence-corrected chi connectivity index (χ4v) is 11.2. The Morgan fingerprint density at radius 3 is 2.30 bits per heavy atom. The van der Waals surface area contributed by atoms with Crippen LogP contribution >= 0.6 is 0 Å². The molecule has 4 aliphatic rings. The minimum absolute atomic E-state index is 0.0965. The minimum atomic E-state index is -1.33.